The third-order valence-corrected chi connectivity index (χ3v) is 4.13. The molecule has 90 valence electrons. The van der Waals surface area contributed by atoms with Crippen LogP contribution >= 0.6 is 0 Å². The van der Waals surface area contributed by atoms with E-state index < -0.39 is 10.0 Å². The van der Waals surface area contributed by atoms with Crippen LogP contribution in [0.25, 0.3) is 0 Å². The minimum atomic E-state index is -3.48. The molecule has 1 N–H and O–H groups in total. The number of hydrogen-bond donors (Lipinski definition) is 1. The number of aryl methyl sites for hydroxylation is 1. The fourth-order valence-corrected chi connectivity index (χ4v) is 2.57. The number of nitrogens with zero attached hydrogens (tertiary/aromatic N) is 2. The molecule has 1 aromatic heterocycles. The standard InChI is InChI=1S/C10H16N2O3S/c1-4-5-12(3)16(14,15)10-6-9(8-13)11(2)7-10/h4,6-7,13H,1,5,8H2,2-3H3. The molecular formula is C10H16N2O3S. The summed E-state index contributed by atoms with van der Waals surface area (Å²) in [6.07, 6.45) is 3.01. The zero-order valence-corrected chi connectivity index (χ0v) is 10.2. The Morgan fingerprint density at radius 2 is 2.25 bits per heavy atom. The predicted molar refractivity (Wildman–Crippen MR) is 61.3 cm³/mol. The molecule has 0 saturated heterocycles. The maximum Gasteiger partial charge on any atom is 0.244 e. The van der Waals surface area contributed by atoms with Crippen LogP contribution < -0.4 is 0 Å². The van der Waals surface area contributed by atoms with E-state index in [0.29, 0.717) is 5.69 Å². The average molecular weight is 244 g/mol. The van der Waals surface area contributed by atoms with Gasteiger partial charge in [0, 0.05) is 32.5 Å². The molecule has 0 fully saturated rings. The van der Waals surface area contributed by atoms with Crippen LogP contribution in [0.5, 0.6) is 0 Å². The van der Waals surface area contributed by atoms with Gasteiger partial charge in [0.05, 0.1) is 6.61 Å². The van der Waals surface area contributed by atoms with Crippen LogP contribution in [0, 0.1) is 0 Å². The van der Waals surface area contributed by atoms with E-state index >= 15 is 0 Å². The number of aliphatic hydroxyl groups is 1. The lowest BCUT2D eigenvalue weighted by Gasteiger charge is -2.13. The highest BCUT2D eigenvalue weighted by atomic mass is 32.2. The first-order valence-electron chi connectivity index (χ1n) is 4.76. The van der Waals surface area contributed by atoms with Crippen molar-refractivity contribution in [1.82, 2.24) is 8.87 Å². The first kappa shape index (κ1) is 13.0. The number of sulfonamides is 1. The van der Waals surface area contributed by atoms with Gasteiger partial charge in [-0.15, -0.1) is 6.58 Å². The second-order valence-corrected chi connectivity index (χ2v) is 5.56. The van der Waals surface area contributed by atoms with Crippen molar-refractivity contribution >= 4 is 10.0 Å². The first-order chi connectivity index (χ1) is 7.43. The van der Waals surface area contributed by atoms with Crippen LogP contribution in [-0.4, -0.2) is 36.0 Å². The maximum atomic E-state index is 12.0. The molecule has 0 atom stereocenters. The molecular weight excluding hydrogens is 228 g/mol. The summed E-state index contributed by atoms with van der Waals surface area (Å²) in [5.41, 5.74) is 0.561. The lowest BCUT2D eigenvalue weighted by Crippen LogP contribution is -2.26. The third kappa shape index (κ3) is 2.34. The normalized spacial score (nSPS) is 12.0. The van der Waals surface area contributed by atoms with Gasteiger partial charge in [-0.2, -0.15) is 4.31 Å². The van der Waals surface area contributed by atoms with Crippen molar-refractivity contribution in [3.8, 4) is 0 Å². The monoisotopic (exact) mass is 244 g/mol. The zero-order chi connectivity index (χ0) is 12.3. The highest BCUT2D eigenvalue weighted by molar-refractivity contribution is 7.89. The quantitative estimate of drug-likeness (QED) is 0.759. The minimum absolute atomic E-state index is 0.183. The zero-order valence-electron chi connectivity index (χ0n) is 9.42. The number of aromatic nitrogens is 1. The predicted octanol–water partition coefficient (Wildman–Crippen LogP) is 0.324. The molecule has 6 heteroatoms. The van der Waals surface area contributed by atoms with E-state index in [1.807, 2.05) is 0 Å². The summed E-state index contributed by atoms with van der Waals surface area (Å²) >= 11 is 0. The van der Waals surface area contributed by atoms with Crippen molar-refractivity contribution in [1.29, 1.82) is 0 Å². The molecule has 1 aromatic rings. The van der Waals surface area contributed by atoms with Gasteiger partial charge in [0.1, 0.15) is 4.90 Å². The molecule has 1 heterocycles. The largest absolute Gasteiger partial charge is 0.390 e. The maximum absolute atomic E-state index is 12.0. The van der Waals surface area contributed by atoms with Gasteiger partial charge in [-0.05, 0) is 6.07 Å². The second kappa shape index (κ2) is 4.82. The Morgan fingerprint density at radius 1 is 1.62 bits per heavy atom. The summed E-state index contributed by atoms with van der Waals surface area (Å²) in [6, 6.07) is 1.47. The van der Waals surface area contributed by atoms with Gasteiger partial charge in [-0.1, -0.05) is 6.08 Å². The molecule has 0 aliphatic rings. The molecule has 0 aromatic carbocycles. The van der Waals surface area contributed by atoms with Crippen molar-refractivity contribution in [2.75, 3.05) is 13.6 Å². The molecule has 0 amide bonds. The van der Waals surface area contributed by atoms with Crippen LogP contribution in [0.2, 0.25) is 0 Å². The molecule has 1 rings (SSSR count). The van der Waals surface area contributed by atoms with Crippen molar-refractivity contribution in [2.45, 2.75) is 11.5 Å². The summed E-state index contributed by atoms with van der Waals surface area (Å²) in [5, 5.41) is 8.99. The number of hydrogen-bond acceptors (Lipinski definition) is 3. The van der Waals surface area contributed by atoms with E-state index in [4.69, 9.17) is 5.11 Å². The van der Waals surface area contributed by atoms with Crippen molar-refractivity contribution < 1.29 is 13.5 Å². The summed E-state index contributed by atoms with van der Waals surface area (Å²) < 4.78 is 26.8. The molecule has 0 spiro atoms. The van der Waals surface area contributed by atoms with Crippen LogP contribution in [-0.2, 0) is 23.7 Å². The molecule has 0 saturated carbocycles. The minimum Gasteiger partial charge on any atom is -0.390 e. The smallest absolute Gasteiger partial charge is 0.244 e. The second-order valence-electron chi connectivity index (χ2n) is 3.51. The van der Waals surface area contributed by atoms with Gasteiger partial charge >= 0.3 is 0 Å². The average Bonchev–Trinajstić information content (AvgIpc) is 2.60. The Labute approximate surface area is 95.7 Å². The van der Waals surface area contributed by atoms with Crippen molar-refractivity contribution in [2.24, 2.45) is 7.05 Å². The molecule has 0 radical (unpaired) electrons. The molecule has 16 heavy (non-hydrogen) atoms. The van der Waals surface area contributed by atoms with E-state index in [0.717, 1.165) is 0 Å². The Hall–Kier alpha value is -1.11. The van der Waals surface area contributed by atoms with Gasteiger partial charge in [0.2, 0.25) is 10.0 Å². The van der Waals surface area contributed by atoms with Gasteiger partial charge in [0.25, 0.3) is 0 Å². The summed E-state index contributed by atoms with van der Waals surface area (Å²) in [6.45, 7) is 3.57. The van der Waals surface area contributed by atoms with Crippen LogP contribution in [0.1, 0.15) is 5.69 Å². The van der Waals surface area contributed by atoms with E-state index in [2.05, 4.69) is 6.58 Å². The van der Waals surface area contributed by atoms with E-state index in [-0.39, 0.29) is 18.0 Å². The fraction of sp³-hybridized carbons (Fsp3) is 0.400. The lowest BCUT2D eigenvalue weighted by molar-refractivity contribution is 0.272. The molecule has 0 aliphatic heterocycles. The van der Waals surface area contributed by atoms with Gasteiger partial charge in [0.15, 0.2) is 0 Å². The SMILES string of the molecule is C=CCN(C)S(=O)(=O)c1cc(CO)n(C)c1. The van der Waals surface area contributed by atoms with E-state index in [1.54, 1.807) is 11.6 Å². The fourth-order valence-electron chi connectivity index (χ4n) is 1.34. The Morgan fingerprint density at radius 3 is 2.69 bits per heavy atom. The highest BCUT2D eigenvalue weighted by Crippen LogP contribution is 2.17. The van der Waals surface area contributed by atoms with Gasteiger partial charge < -0.3 is 9.67 Å². The summed E-state index contributed by atoms with van der Waals surface area (Å²) in [5.74, 6) is 0. The van der Waals surface area contributed by atoms with Crippen molar-refractivity contribution in [3.63, 3.8) is 0 Å². The summed E-state index contributed by atoms with van der Waals surface area (Å²) in [4.78, 5) is 0.184. The van der Waals surface area contributed by atoms with E-state index in [1.165, 1.54) is 29.7 Å². The van der Waals surface area contributed by atoms with Crippen LogP contribution in [0.3, 0.4) is 0 Å². The van der Waals surface area contributed by atoms with Crippen LogP contribution in [0.4, 0.5) is 0 Å². The number of aliphatic hydroxyl groups excluding tert-OH is 1. The lowest BCUT2D eigenvalue weighted by atomic mass is 10.5. The van der Waals surface area contributed by atoms with Gasteiger partial charge in [-0.25, -0.2) is 8.42 Å². The summed E-state index contributed by atoms with van der Waals surface area (Å²) in [7, 11) is -0.301. The van der Waals surface area contributed by atoms with Gasteiger partial charge in [-0.3, -0.25) is 0 Å². The number of likely N-dealkylation sites (N-methyl/N-ethyl adjacent to an activating group) is 1. The van der Waals surface area contributed by atoms with E-state index in [9.17, 15) is 8.42 Å². The van der Waals surface area contributed by atoms with Crippen molar-refractivity contribution in [3.05, 3.63) is 30.6 Å². The third-order valence-electron chi connectivity index (χ3n) is 2.34. The Balaban J connectivity index is 3.12. The highest BCUT2D eigenvalue weighted by Gasteiger charge is 2.21. The molecule has 0 unspecified atom stereocenters. The Kier molecular flexibility index (Phi) is 3.90. The topological polar surface area (TPSA) is 62.5 Å². The first-order valence-corrected chi connectivity index (χ1v) is 6.20. The number of rotatable bonds is 5. The van der Waals surface area contributed by atoms with Crippen LogP contribution in [0.15, 0.2) is 29.8 Å². The Bertz CT molecular complexity index is 476. The molecule has 0 aliphatic carbocycles. The molecule has 5 nitrogen and oxygen atoms in total. The molecule has 0 bridgehead atoms.